The van der Waals surface area contributed by atoms with E-state index in [4.69, 9.17) is 4.74 Å². The van der Waals surface area contributed by atoms with Gasteiger partial charge in [-0.1, -0.05) is 29.8 Å². The number of rotatable bonds is 5. The maximum Gasteiger partial charge on any atom is 0.128 e. The Morgan fingerprint density at radius 1 is 1.38 bits per heavy atom. The molecule has 1 N–H and O–H groups in total. The fraction of sp³-hybridized carbons (Fsp3) is 0.500. The Labute approximate surface area is 104 Å². The maximum atomic E-state index is 13.1. The third-order valence-corrected chi connectivity index (χ3v) is 2.58. The van der Waals surface area contributed by atoms with E-state index in [9.17, 15) is 4.39 Å². The second-order valence-corrected chi connectivity index (χ2v) is 5.50. The van der Waals surface area contributed by atoms with Crippen LogP contribution in [-0.4, -0.2) is 20.2 Å². The van der Waals surface area contributed by atoms with Crippen LogP contribution in [0.5, 0.6) is 5.75 Å². The van der Waals surface area contributed by atoms with Crippen LogP contribution in [0.3, 0.4) is 0 Å². The summed E-state index contributed by atoms with van der Waals surface area (Å²) in [6, 6.07) is 4.56. The van der Waals surface area contributed by atoms with E-state index < -0.39 is 0 Å². The van der Waals surface area contributed by atoms with Crippen LogP contribution in [0.25, 0.3) is 0 Å². The Balaban J connectivity index is 2.60. The minimum atomic E-state index is -0.296. The van der Waals surface area contributed by atoms with E-state index in [1.165, 1.54) is 12.1 Å². The lowest BCUT2D eigenvalue weighted by Crippen LogP contribution is -2.32. The molecule has 0 unspecified atom stereocenters. The van der Waals surface area contributed by atoms with E-state index in [0.717, 1.165) is 6.54 Å². The number of benzene rings is 1. The van der Waals surface area contributed by atoms with E-state index in [2.05, 4.69) is 35.1 Å². The first-order valence-electron chi connectivity index (χ1n) is 5.16. The summed E-state index contributed by atoms with van der Waals surface area (Å²) in [6.07, 6.45) is 0. The average molecular weight is 290 g/mol. The largest absolute Gasteiger partial charge is 0.493 e. The van der Waals surface area contributed by atoms with Crippen molar-refractivity contribution in [3.63, 3.8) is 0 Å². The summed E-state index contributed by atoms with van der Waals surface area (Å²) < 4.78 is 19.3. The molecule has 1 aromatic rings. The summed E-state index contributed by atoms with van der Waals surface area (Å²) in [6.45, 7) is 5.59. The number of halogens is 2. The van der Waals surface area contributed by atoms with Crippen molar-refractivity contribution in [2.45, 2.75) is 13.8 Å². The number of nitrogens with one attached hydrogen (secondary N) is 1. The standard InChI is InChI=1S/C12H17BrFNO/c1-12(2,7-15-3)8-16-11-5-9(13)4-10(14)6-11/h4-6,15H,7-8H2,1-3H3. The molecule has 0 bridgehead atoms. The first kappa shape index (κ1) is 13.5. The fourth-order valence-electron chi connectivity index (χ4n) is 1.42. The summed E-state index contributed by atoms with van der Waals surface area (Å²) in [5, 5.41) is 3.10. The van der Waals surface area contributed by atoms with Crippen LogP contribution in [-0.2, 0) is 0 Å². The molecule has 16 heavy (non-hydrogen) atoms. The quantitative estimate of drug-likeness (QED) is 0.899. The van der Waals surface area contributed by atoms with E-state index in [1.807, 2.05) is 7.05 Å². The molecule has 2 nitrogen and oxygen atoms in total. The molecule has 0 amide bonds. The monoisotopic (exact) mass is 289 g/mol. The number of hydrogen-bond donors (Lipinski definition) is 1. The smallest absolute Gasteiger partial charge is 0.128 e. The van der Waals surface area contributed by atoms with E-state index in [0.29, 0.717) is 16.8 Å². The normalized spacial score (nSPS) is 11.6. The summed E-state index contributed by atoms with van der Waals surface area (Å²) in [7, 11) is 1.90. The zero-order valence-electron chi connectivity index (χ0n) is 9.81. The maximum absolute atomic E-state index is 13.1. The minimum Gasteiger partial charge on any atom is -0.493 e. The van der Waals surface area contributed by atoms with Crippen molar-refractivity contribution >= 4 is 15.9 Å². The van der Waals surface area contributed by atoms with Gasteiger partial charge in [0.05, 0.1) is 6.61 Å². The molecule has 0 saturated heterocycles. The lowest BCUT2D eigenvalue weighted by molar-refractivity contribution is 0.178. The van der Waals surface area contributed by atoms with Crippen molar-refractivity contribution in [2.24, 2.45) is 5.41 Å². The van der Waals surface area contributed by atoms with Crippen molar-refractivity contribution in [1.82, 2.24) is 5.32 Å². The molecule has 0 aromatic heterocycles. The second-order valence-electron chi connectivity index (χ2n) is 4.59. The molecule has 1 rings (SSSR count). The average Bonchev–Trinajstić information content (AvgIpc) is 2.13. The van der Waals surface area contributed by atoms with Crippen LogP contribution >= 0.6 is 15.9 Å². The first-order valence-corrected chi connectivity index (χ1v) is 5.96. The summed E-state index contributed by atoms with van der Waals surface area (Å²) in [5.41, 5.74) is 0.0214. The Kier molecular flexibility index (Phi) is 4.74. The molecule has 1 aromatic carbocycles. The molecule has 0 radical (unpaired) electrons. The van der Waals surface area contributed by atoms with Gasteiger partial charge in [0.1, 0.15) is 11.6 Å². The molecule has 4 heteroatoms. The van der Waals surface area contributed by atoms with Gasteiger partial charge in [-0.05, 0) is 19.2 Å². The van der Waals surface area contributed by atoms with Gasteiger partial charge in [0.25, 0.3) is 0 Å². The molecule has 0 saturated carbocycles. The molecular formula is C12H17BrFNO. The zero-order chi connectivity index (χ0) is 12.2. The van der Waals surface area contributed by atoms with Crippen molar-refractivity contribution in [3.05, 3.63) is 28.5 Å². The third-order valence-electron chi connectivity index (χ3n) is 2.12. The van der Waals surface area contributed by atoms with Gasteiger partial charge in [0.15, 0.2) is 0 Å². The van der Waals surface area contributed by atoms with Gasteiger partial charge in [-0.2, -0.15) is 0 Å². The van der Waals surface area contributed by atoms with Crippen LogP contribution in [0.4, 0.5) is 4.39 Å². The molecule has 0 aliphatic rings. The molecule has 0 aliphatic carbocycles. The third kappa shape index (κ3) is 4.49. The van der Waals surface area contributed by atoms with Crippen LogP contribution in [0.15, 0.2) is 22.7 Å². The zero-order valence-corrected chi connectivity index (χ0v) is 11.4. The lowest BCUT2D eigenvalue weighted by atomic mass is 9.95. The topological polar surface area (TPSA) is 21.3 Å². The summed E-state index contributed by atoms with van der Waals surface area (Å²) >= 11 is 3.23. The highest BCUT2D eigenvalue weighted by Crippen LogP contribution is 2.23. The minimum absolute atomic E-state index is 0.0214. The molecule has 0 fully saturated rings. The fourth-order valence-corrected chi connectivity index (χ4v) is 1.86. The van der Waals surface area contributed by atoms with E-state index in [-0.39, 0.29) is 11.2 Å². The predicted octanol–water partition coefficient (Wildman–Crippen LogP) is 3.21. The van der Waals surface area contributed by atoms with Crippen molar-refractivity contribution < 1.29 is 9.13 Å². The Morgan fingerprint density at radius 3 is 2.62 bits per heavy atom. The Morgan fingerprint density at radius 2 is 2.06 bits per heavy atom. The van der Waals surface area contributed by atoms with Crippen LogP contribution in [0.1, 0.15) is 13.8 Å². The number of ether oxygens (including phenoxy) is 1. The van der Waals surface area contributed by atoms with Gasteiger partial charge in [-0.25, -0.2) is 4.39 Å². The van der Waals surface area contributed by atoms with Crippen LogP contribution in [0, 0.1) is 11.2 Å². The van der Waals surface area contributed by atoms with Crippen LogP contribution < -0.4 is 10.1 Å². The Hall–Kier alpha value is -0.610. The summed E-state index contributed by atoms with van der Waals surface area (Å²) in [4.78, 5) is 0. The van der Waals surface area contributed by atoms with Gasteiger partial charge in [0.2, 0.25) is 0 Å². The van der Waals surface area contributed by atoms with Crippen molar-refractivity contribution in [2.75, 3.05) is 20.2 Å². The van der Waals surface area contributed by atoms with Gasteiger partial charge < -0.3 is 10.1 Å². The highest BCUT2D eigenvalue weighted by molar-refractivity contribution is 9.10. The van der Waals surface area contributed by atoms with E-state index >= 15 is 0 Å². The number of hydrogen-bond acceptors (Lipinski definition) is 2. The molecule has 0 heterocycles. The molecular weight excluding hydrogens is 273 g/mol. The van der Waals surface area contributed by atoms with Gasteiger partial charge >= 0.3 is 0 Å². The summed E-state index contributed by atoms with van der Waals surface area (Å²) in [5.74, 6) is 0.256. The SMILES string of the molecule is CNCC(C)(C)COc1cc(F)cc(Br)c1. The van der Waals surface area contributed by atoms with Crippen molar-refractivity contribution in [3.8, 4) is 5.75 Å². The Bertz CT molecular complexity index is 335. The molecule has 0 spiro atoms. The molecule has 90 valence electrons. The highest BCUT2D eigenvalue weighted by Gasteiger charge is 2.17. The second kappa shape index (κ2) is 5.64. The van der Waals surface area contributed by atoms with Gasteiger partial charge in [-0.15, -0.1) is 0 Å². The van der Waals surface area contributed by atoms with E-state index in [1.54, 1.807) is 6.07 Å². The van der Waals surface area contributed by atoms with Gasteiger partial charge in [-0.3, -0.25) is 0 Å². The highest BCUT2D eigenvalue weighted by atomic mass is 79.9. The van der Waals surface area contributed by atoms with Gasteiger partial charge in [0, 0.05) is 22.5 Å². The van der Waals surface area contributed by atoms with Crippen molar-refractivity contribution in [1.29, 1.82) is 0 Å². The van der Waals surface area contributed by atoms with Crippen LogP contribution in [0.2, 0.25) is 0 Å². The first-order chi connectivity index (χ1) is 7.43. The molecule has 0 aliphatic heterocycles. The lowest BCUT2D eigenvalue weighted by Gasteiger charge is -2.24. The predicted molar refractivity (Wildman–Crippen MR) is 67.3 cm³/mol. The molecule has 0 atom stereocenters.